The van der Waals surface area contributed by atoms with E-state index < -0.39 is 0 Å². The molecule has 4 nitrogen and oxygen atoms in total. The monoisotopic (exact) mass is 425 g/mol. The minimum absolute atomic E-state index is 0.0392. The second kappa shape index (κ2) is 9.23. The molecule has 1 amide bonds. The lowest BCUT2D eigenvalue weighted by Gasteiger charge is -2.41. The normalized spacial score (nSPS) is 28.1. The van der Waals surface area contributed by atoms with E-state index in [-0.39, 0.29) is 5.41 Å². The summed E-state index contributed by atoms with van der Waals surface area (Å²) in [5.41, 5.74) is 3.78. The summed E-state index contributed by atoms with van der Waals surface area (Å²) in [5, 5.41) is 2.97. The molecule has 0 bridgehead atoms. The van der Waals surface area contributed by atoms with Crippen LogP contribution in [-0.2, 0) is 16.6 Å². The van der Waals surface area contributed by atoms with Crippen molar-refractivity contribution in [2.75, 3.05) is 32.7 Å². The Morgan fingerprint density at radius 2 is 1.55 bits per heavy atom. The zero-order valence-corrected chi connectivity index (χ0v) is 20.3. The minimum atomic E-state index is -0.0392. The quantitative estimate of drug-likeness (QED) is 0.764. The van der Waals surface area contributed by atoms with Crippen LogP contribution in [0.25, 0.3) is 0 Å². The Kier molecular flexibility index (Phi) is 6.79. The van der Waals surface area contributed by atoms with Gasteiger partial charge in [0.2, 0.25) is 5.91 Å². The summed E-state index contributed by atoms with van der Waals surface area (Å²) >= 11 is 0. The molecular weight excluding hydrogens is 382 g/mol. The van der Waals surface area contributed by atoms with Gasteiger partial charge in [-0.25, -0.2) is 0 Å². The first-order chi connectivity index (χ1) is 14.9. The van der Waals surface area contributed by atoms with Gasteiger partial charge in [-0.3, -0.25) is 9.69 Å². The number of carbonyl (C=O) groups is 1. The van der Waals surface area contributed by atoms with Gasteiger partial charge in [-0.15, -0.1) is 0 Å². The third-order valence-corrected chi connectivity index (χ3v) is 8.65. The molecule has 1 aliphatic carbocycles. The van der Waals surface area contributed by atoms with Gasteiger partial charge in [-0.2, -0.15) is 0 Å². The molecule has 4 aliphatic rings. The van der Waals surface area contributed by atoms with Gasteiger partial charge in [0, 0.05) is 25.2 Å². The van der Waals surface area contributed by atoms with Crippen molar-refractivity contribution in [3.05, 3.63) is 35.4 Å². The van der Waals surface area contributed by atoms with Crippen LogP contribution in [0.5, 0.6) is 0 Å². The van der Waals surface area contributed by atoms with Gasteiger partial charge >= 0.3 is 0 Å². The number of fused-ring (bicyclic) bond motifs is 2. The summed E-state index contributed by atoms with van der Waals surface area (Å²) < 4.78 is 0. The van der Waals surface area contributed by atoms with Crippen molar-refractivity contribution in [1.29, 1.82) is 0 Å². The number of piperidine rings is 2. The Balaban J connectivity index is 0.000000152. The van der Waals surface area contributed by atoms with Gasteiger partial charge in [0.25, 0.3) is 0 Å². The lowest BCUT2D eigenvalue weighted by atomic mass is 9.73. The molecule has 1 aromatic rings. The van der Waals surface area contributed by atoms with Crippen molar-refractivity contribution in [2.24, 2.45) is 5.41 Å². The number of aryl methyl sites for hydroxylation is 1. The van der Waals surface area contributed by atoms with E-state index in [4.69, 9.17) is 0 Å². The zero-order valence-electron chi connectivity index (χ0n) is 20.3. The fraction of sp³-hybridized carbons (Fsp3) is 0.741. The van der Waals surface area contributed by atoms with Gasteiger partial charge in [-0.1, -0.05) is 24.3 Å². The van der Waals surface area contributed by atoms with Crippen LogP contribution in [0, 0.1) is 5.41 Å². The molecule has 172 valence electrons. The van der Waals surface area contributed by atoms with E-state index in [1.54, 1.807) is 11.1 Å². The predicted molar refractivity (Wildman–Crippen MR) is 128 cm³/mol. The molecule has 3 aliphatic heterocycles. The fourth-order valence-corrected chi connectivity index (χ4v) is 6.47. The van der Waals surface area contributed by atoms with Crippen molar-refractivity contribution >= 4 is 5.91 Å². The minimum Gasteiger partial charge on any atom is -0.356 e. The number of amides is 1. The number of rotatable bonds is 2. The van der Waals surface area contributed by atoms with Gasteiger partial charge in [-0.05, 0) is 109 Å². The highest BCUT2D eigenvalue weighted by atomic mass is 16.2. The van der Waals surface area contributed by atoms with Crippen LogP contribution >= 0.6 is 0 Å². The maximum atomic E-state index is 11.8. The number of hydrogen-bond acceptors (Lipinski definition) is 3. The first-order valence-corrected chi connectivity index (χ1v) is 12.7. The molecule has 2 spiro atoms. The fourth-order valence-electron chi connectivity index (χ4n) is 6.47. The van der Waals surface area contributed by atoms with E-state index in [0.717, 1.165) is 32.5 Å². The summed E-state index contributed by atoms with van der Waals surface area (Å²) in [6.07, 6.45) is 8.71. The molecule has 1 aromatic carbocycles. The first kappa shape index (κ1) is 22.8. The second-order valence-electron chi connectivity index (χ2n) is 11.0. The molecule has 5 rings (SSSR count). The van der Waals surface area contributed by atoms with Crippen molar-refractivity contribution < 1.29 is 4.79 Å². The number of benzene rings is 1. The molecule has 0 radical (unpaired) electrons. The number of nitrogens with zero attached hydrogens (tertiary/aromatic N) is 2. The van der Waals surface area contributed by atoms with Crippen molar-refractivity contribution in [2.45, 2.75) is 90.1 Å². The Labute approximate surface area is 189 Å². The van der Waals surface area contributed by atoms with Crippen molar-refractivity contribution in [3.63, 3.8) is 0 Å². The average Bonchev–Trinajstić information content (AvgIpc) is 3.30. The third kappa shape index (κ3) is 4.57. The van der Waals surface area contributed by atoms with E-state index in [2.05, 4.69) is 67.1 Å². The standard InChI is InChI=1S/C16H23N.C11H20N2O/c1-13(2)17-11-9-16(10-12-17)8-7-14-5-3-4-6-15(14)16;1-9(2)13-7-3-4-11(8-13)5-6-12-10(11)14/h3-6,13H,7-12H2,1-2H3;9H,3-8H2,1-2H3,(H,12,14). The topological polar surface area (TPSA) is 35.6 Å². The van der Waals surface area contributed by atoms with Crippen LogP contribution in [0.1, 0.15) is 77.3 Å². The average molecular weight is 426 g/mol. The van der Waals surface area contributed by atoms with Crippen LogP contribution in [-0.4, -0.2) is 60.5 Å². The highest BCUT2D eigenvalue weighted by Gasteiger charge is 2.45. The Morgan fingerprint density at radius 1 is 0.839 bits per heavy atom. The second-order valence-corrected chi connectivity index (χ2v) is 11.0. The summed E-state index contributed by atoms with van der Waals surface area (Å²) in [7, 11) is 0. The van der Waals surface area contributed by atoms with E-state index in [1.165, 1.54) is 45.2 Å². The summed E-state index contributed by atoms with van der Waals surface area (Å²) in [6.45, 7) is 14.6. The maximum Gasteiger partial charge on any atom is 0.227 e. The van der Waals surface area contributed by atoms with Gasteiger partial charge in [0.1, 0.15) is 0 Å². The molecule has 1 atom stereocenters. The van der Waals surface area contributed by atoms with E-state index >= 15 is 0 Å². The summed E-state index contributed by atoms with van der Waals surface area (Å²) in [6, 6.07) is 10.4. The van der Waals surface area contributed by atoms with Gasteiger partial charge in [0.15, 0.2) is 0 Å². The smallest absolute Gasteiger partial charge is 0.227 e. The van der Waals surface area contributed by atoms with E-state index in [0.29, 0.717) is 23.4 Å². The highest BCUT2D eigenvalue weighted by Crippen LogP contribution is 2.46. The molecule has 3 saturated heterocycles. The molecule has 3 fully saturated rings. The van der Waals surface area contributed by atoms with Crippen molar-refractivity contribution in [1.82, 2.24) is 15.1 Å². The van der Waals surface area contributed by atoms with Crippen LogP contribution in [0.4, 0.5) is 0 Å². The van der Waals surface area contributed by atoms with Crippen LogP contribution in [0.15, 0.2) is 24.3 Å². The Morgan fingerprint density at radius 3 is 2.19 bits per heavy atom. The number of carbonyl (C=O) groups excluding carboxylic acids is 1. The van der Waals surface area contributed by atoms with E-state index in [9.17, 15) is 4.79 Å². The molecule has 0 aromatic heterocycles. The lowest BCUT2D eigenvalue weighted by Crippen LogP contribution is -2.49. The first-order valence-electron chi connectivity index (χ1n) is 12.7. The van der Waals surface area contributed by atoms with Crippen LogP contribution in [0.3, 0.4) is 0 Å². The molecule has 4 heteroatoms. The van der Waals surface area contributed by atoms with Crippen LogP contribution in [0.2, 0.25) is 0 Å². The summed E-state index contributed by atoms with van der Waals surface area (Å²) in [5.74, 6) is 0.294. The summed E-state index contributed by atoms with van der Waals surface area (Å²) in [4.78, 5) is 16.9. The maximum absolute atomic E-state index is 11.8. The largest absolute Gasteiger partial charge is 0.356 e. The molecule has 1 unspecified atom stereocenters. The Hall–Kier alpha value is -1.39. The van der Waals surface area contributed by atoms with Crippen LogP contribution < -0.4 is 5.32 Å². The molecular formula is C27H43N3O. The lowest BCUT2D eigenvalue weighted by molar-refractivity contribution is -0.130. The molecule has 31 heavy (non-hydrogen) atoms. The number of likely N-dealkylation sites (tertiary alicyclic amines) is 2. The Bertz CT molecular complexity index is 765. The predicted octanol–water partition coefficient (Wildman–Crippen LogP) is 4.37. The van der Waals surface area contributed by atoms with Gasteiger partial charge in [0.05, 0.1) is 5.41 Å². The van der Waals surface area contributed by atoms with E-state index in [1.807, 2.05) is 0 Å². The zero-order chi connectivity index (χ0) is 22.1. The van der Waals surface area contributed by atoms with Gasteiger partial charge < -0.3 is 10.2 Å². The third-order valence-electron chi connectivity index (χ3n) is 8.65. The molecule has 3 heterocycles. The SMILES string of the molecule is CC(C)N1CCC2(CCc3ccccc32)CC1.CC(C)N1CCCC2(CCNC2=O)C1. The number of hydrogen-bond donors (Lipinski definition) is 1. The number of nitrogens with one attached hydrogen (secondary N) is 1. The molecule has 1 N–H and O–H groups in total. The van der Waals surface area contributed by atoms with Crippen molar-refractivity contribution in [3.8, 4) is 0 Å². The molecule has 0 saturated carbocycles. The highest BCUT2D eigenvalue weighted by molar-refractivity contribution is 5.85.